The highest BCUT2D eigenvalue weighted by Crippen LogP contribution is 2.26. The fourth-order valence-electron chi connectivity index (χ4n) is 2.60. The number of carbonyl (C=O) groups is 1. The van der Waals surface area contributed by atoms with Gasteiger partial charge < -0.3 is 14.8 Å². The summed E-state index contributed by atoms with van der Waals surface area (Å²) in [7, 11) is 0. The van der Waals surface area contributed by atoms with Crippen LogP contribution in [-0.2, 0) is 4.79 Å². The molecular weight excluding hydrogens is 358 g/mol. The number of hydrogen-bond donors (Lipinski definition) is 1. The highest BCUT2D eigenvalue weighted by molar-refractivity contribution is 5.96. The Morgan fingerprint density at radius 2 is 1.79 bits per heavy atom. The molecule has 28 heavy (non-hydrogen) atoms. The third-order valence-electron chi connectivity index (χ3n) is 4.33. The number of aromatic nitrogens is 2. The molecule has 0 radical (unpaired) electrons. The molecular formula is C21H23N3O4. The maximum atomic E-state index is 12.5. The molecule has 1 aromatic heterocycles. The number of carbonyl (C=O) groups excluding carboxylic acids is 1. The van der Waals surface area contributed by atoms with Crippen LogP contribution in [0.15, 0.2) is 47.1 Å². The van der Waals surface area contributed by atoms with Crippen molar-refractivity contribution < 1.29 is 18.9 Å². The van der Waals surface area contributed by atoms with Crippen molar-refractivity contribution in [1.29, 1.82) is 0 Å². The summed E-state index contributed by atoms with van der Waals surface area (Å²) >= 11 is 0. The fourth-order valence-corrected chi connectivity index (χ4v) is 2.60. The van der Waals surface area contributed by atoms with Crippen LogP contribution in [-0.4, -0.2) is 28.9 Å². The second kappa shape index (κ2) is 8.56. The van der Waals surface area contributed by atoms with Crippen molar-refractivity contribution in [2.24, 2.45) is 0 Å². The molecule has 0 saturated heterocycles. The summed E-state index contributed by atoms with van der Waals surface area (Å²) in [5.41, 5.74) is 3.46. The molecule has 7 nitrogen and oxygen atoms in total. The Hall–Kier alpha value is -3.35. The molecule has 3 aromatic rings. The number of aryl methyl sites for hydroxylation is 2. The first-order valence-electron chi connectivity index (χ1n) is 9.08. The molecule has 0 spiro atoms. The normalized spacial score (nSPS) is 11.7. The van der Waals surface area contributed by atoms with Gasteiger partial charge in [0.1, 0.15) is 11.5 Å². The molecule has 2 aromatic carbocycles. The smallest absolute Gasteiger partial charge is 0.266 e. The van der Waals surface area contributed by atoms with Crippen molar-refractivity contribution in [2.45, 2.75) is 33.8 Å². The van der Waals surface area contributed by atoms with Gasteiger partial charge in [-0.05, 0) is 85.5 Å². The van der Waals surface area contributed by atoms with E-state index >= 15 is 0 Å². The van der Waals surface area contributed by atoms with E-state index < -0.39 is 6.10 Å². The number of nitrogens with one attached hydrogen (secondary N) is 1. The minimum absolute atomic E-state index is 0.240. The zero-order valence-electron chi connectivity index (χ0n) is 16.4. The van der Waals surface area contributed by atoms with Gasteiger partial charge in [0.25, 0.3) is 5.91 Å². The number of benzene rings is 2. The van der Waals surface area contributed by atoms with Gasteiger partial charge in [0.15, 0.2) is 11.8 Å². The van der Waals surface area contributed by atoms with Gasteiger partial charge in [0.05, 0.1) is 6.61 Å². The molecule has 1 heterocycles. The van der Waals surface area contributed by atoms with Gasteiger partial charge in [0, 0.05) is 5.56 Å². The fraction of sp³-hybridized carbons (Fsp3) is 0.286. The van der Waals surface area contributed by atoms with E-state index in [-0.39, 0.29) is 11.7 Å². The zero-order valence-corrected chi connectivity index (χ0v) is 16.4. The van der Waals surface area contributed by atoms with Crippen molar-refractivity contribution >= 4 is 11.7 Å². The van der Waals surface area contributed by atoms with E-state index in [9.17, 15) is 4.79 Å². The number of anilines is 1. The summed E-state index contributed by atoms with van der Waals surface area (Å²) in [5.74, 6) is 1.28. The van der Waals surface area contributed by atoms with Crippen LogP contribution in [0, 0.1) is 13.8 Å². The van der Waals surface area contributed by atoms with Crippen LogP contribution >= 0.6 is 0 Å². The quantitative estimate of drug-likeness (QED) is 0.661. The van der Waals surface area contributed by atoms with Crippen molar-refractivity contribution in [3.05, 3.63) is 53.6 Å². The molecule has 7 heteroatoms. The topological polar surface area (TPSA) is 86.5 Å². The molecule has 0 bridgehead atoms. The molecule has 146 valence electrons. The zero-order chi connectivity index (χ0) is 20.1. The maximum absolute atomic E-state index is 12.5. The van der Waals surface area contributed by atoms with Crippen LogP contribution in [0.2, 0.25) is 0 Å². The maximum Gasteiger partial charge on any atom is 0.266 e. The Bertz CT molecular complexity index is 951. The molecule has 1 unspecified atom stereocenters. The van der Waals surface area contributed by atoms with E-state index in [2.05, 4.69) is 15.6 Å². The van der Waals surface area contributed by atoms with Crippen LogP contribution in [0.1, 0.15) is 25.0 Å². The van der Waals surface area contributed by atoms with Crippen molar-refractivity contribution in [2.75, 3.05) is 11.9 Å². The van der Waals surface area contributed by atoms with Crippen molar-refractivity contribution in [3.8, 4) is 22.8 Å². The van der Waals surface area contributed by atoms with E-state index in [1.54, 1.807) is 6.92 Å². The lowest BCUT2D eigenvalue weighted by Gasteiger charge is -2.15. The van der Waals surface area contributed by atoms with Gasteiger partial charge in [-0.1, -0.05) is 6.07 Å². The van der Waals surface area contributed by atoms with E-state index in [4.69, 9.17) is 14.1 Å². The molecule has 1 N–H and O–H groups in total. The summed E-state index contributed by atoms with van der Waals surface area (Å²) in [5, 5.41) is 10.4. The Balaban J connectivity index is 1.69. The highest BCUT2D eigenvalue weighted by Gasteiger charge is 2.20. The SMILES string of the molecule is CCOc1ccc(-c2nonc2NC(=O)C(C)Oc2ccc(C)c(C)c2)cc1. The lowest BCUT2D eigenvalue weighted by molar-refractivity contribution is -0.122. The third kappa shape index (κ3) is 4.49. The summed E-state index contributed by atoms with van der Waals surface area (Å²) in [6.45, 7) is 8.20. The molecule has 0 aliphatic rings. The summed E-state index contributed by atoms with van der Waals surface area (Å²) in [6, 6.07) is 13.0. The molecule has 0 saturated carbocycles. The average molecular weight is 381 g/mol. The minimum atomic E-state index is -0.716. The van der Waals surface area contributed by atoms with Crippen LogP contribution in [0.25, 0.3) is 11.3 Å². The minimum Gasteiger partial charge on any atom is -0.494 e. The van der Waals surface area contributed by atoms with Gasteiger partial charge in [0.2, 0.25) is 5.82 Å². The molecule has 3 rings (SSSR count). The van der Waals surface area contributed by atoms with Gasteiger partial charge in [-0.25, -0.2) is 4.63 Å². The lowest BCUT2D eigenvalue weighted by Crippen LogP contribution is -2.30. The van der Waals surface area contributed by atoms with Crippen LogP contribution in [0.4, 0.5) is 5.82 Å². The predicted octanol–water partition coefficient (Wildman–Crippen LogP) is 4.16. The number of amides is 1. The Labute approximate surface area is 163 Å². The third-order valence-corrected chi connectivity index (χ3v) is 4.33. The van der Waals surface area contributed by atoms with Gasteiger partial charge >= 0.3 is 0 Å². The molecule has 0 aliphatic carbocycles. The molecule has 1 amide bonds. The van der Waals surface area contributed by atoms with Crippen molar-refractivity contribution in [3.63, 3.8) is 0 Å². The second-order valence-electron chi connectivity index (χ2n) is 6.41. The largest absolute Gasteiger partial charge is 0.494 e. The number of nitrogens with zero attached hydrogens (tertiary/aromatic N) is 2. The standard InChI is InChI=1S/C21H23N3O4/c1-5-26-17-10-7-16(8-11-17)19-20(24-28-23-19)22-21(25)15(4)27-18-9-6-13(2)14(3)12-18/h6-12,15H,5H2,1-4H3,(H,22,24,25). The lowest BCUT2D eigenvalue weighted by atomic mass is 10.1. The summed E-state index contributed by atoms with van der Waals surface area (Å²) in [6.07, 6.45) is -0.716. The number of hydrogen-bond acceptors (Lipinski definition) is 6. The highest BCUT2D eigenvalue weighted by atomic mass is 16.6. The van der Waals surface area contributed by atoms with E-state index in [1.807, 2.05) is 63.2 Å². The number of rotatable bonds is 7. The predicted molar refractivity (Wildman–Crippen MR) is 106 cm³/mol. The van der Waals surface area contributed by atoms with Crippen LogP contribution in [0.3, 0.4) is 0 Å². The van der Waals surface area contributed by atoms with E-state index in [0.29, 0.717) is 18.1 Å². The van der Waals surface area contributed by atoms with Gasteiger partial charge in [-0.2, -0.15) is 0 Å². The van der Waals surface area contributed by atoms with E-state index in [0.717, 1.165) is 22.4 Å². The summed E-state index contributed by atoms with van der Waals surface area (Å²) in [4.78, 5) is 12.5. The van der Waals surface area contributed by atoms with Crippen LogP contribution in [0.5, 0.6) is 11.5 Å². The molecule has 0 aliphatic heterocycles. The Kier molecular flexibility index (Phi) is 5.93. The van der Waals surface area contributed by atoms with Gasteiger partial charge in [-0.15, -0.1) is 0 Å². The van der Waals surface area contributed by atoms with Crippen molar-refractivity contribution in [1.82, 2.24) is 10.3 Å². The van der Waals surface area contributed by atoms with Crippen LogP contribution < -0.4 is 14.8 Å². The Morgan fingerprint density at radius 1 is 1.07 bits per heavy atom. The Morgan fingerprint density at radius 3 is 2.46 bits per heavy atom. The van der Waals surface area contributed by atoms with E-state index in [1.165, 1.54) is 0 Å². The van der Waals surface area contributed by atoms with Gasteiger partial charge in [-0.3, -0.25) is 4.79 Å². The first-order valence-corrected chi connectivity index (χ1v) is 9.08. The molecule has 0 fully saturated rings. The first kappa shape index (κ1) is 19.4. The number of ether oxygens (including phenoxy) is 2. The molecule has 1 atom stereocenters. The monoisotopic (exact) mass is 381 g/mol. The average Bonchev–Trinajstić information content (AvgIpc) is 3.13. The first-order chi connectivity index (χ1) is 13.5. The summed E-state index contributed by atoms with van der Waals surface area (Å²) < 4.78 is 16.0. The second-order valence-corrected chi connectivity index (χ2v) is 6.41.